The minimum atomic E-state index is -0.601. The smallest absolute Gasteiger partial charge is 0.258 e. The highest BCUT2D eigenvalue weighted by atomic mass is 35.5. The zero-order chi connectivity index (χ0) is 13.0. The average Bonchev–Trinajstić information content (AvgIpc) is 2.19. The number of halogens is 2. The summed E-state index contributed by atoms with van der Waals surface area (Å²) in [6.07, 6.45) is 1.16. The van der Waals surface area contributed by atoms with Crippen LogP contribution in [0.3, 0.4) is 0 Å². The molecule has 0 bridgehead atoms. The molecule has 0 saturated heterocycles. The summed E-state index contributed by atoms with van der Waals surface area (Å²) in [6, 6.07) is 3.60. The van der Waals surface area contributed by atoms with Crippen LogP contribution in [0, 0.1) is 21.8 Å². The van der Waals surface area contributed by atoms with Crippen LogP contribution in [0.5, 0.6) is 0 Å². The summed E-state index contributed by atoms with van der Waals surface area (Å²) < 4.78 is 12.9. The molecule has 1 unspecified atom stereocenters. The van der Waals surface area contributed by atoms with Crippen molar-refractivity contribution in [2.45, 2.75) is 32.1 Å². The summed E-state index contributed by atoms with van der Waals surface area (Å²) >= 11 is 6.11. The molecule has 1 aromatic rings. The molecule has 0 aromatic heterocycles. The standard InChI is InChI=1S/C12H15ClFNO2/c1-8(2)5-10(13)6-9-3-4-11(14)7-12(9)15(16)17/h3-4,7-8,10H,5-6H2,1-2H3. The second-order valence-electron chi connectivity index (χ2n) is 4.46. The van der Waals surface area contributed by atoms with E-state index in [1.54, 1.807) is 0 Å². The van der Waals surface area contributed by atoms with Crippen molar-refractivity contribution in [2.24, 2.45) is 5.92 Å². The predicted octanol–water partition coefficient (Wildman–Crippen LogP) is 3.93. The summed E-state index contributed by atoms with van der Waals surface area (Å²) in [7, 11) is 0. The molecule has 1 rings (SSSR count). The molecule has 0 radical (unpaired) electrons. The molecule has 0 N–H and O–H groups in total. The number of hydrogen-bond acceptors (Lipinski definition) is 2. The van der Waals surface area contributed by atoms with Gasteiger partial charge in [0.25, 0.3) is 5.69 Å². The summed E-state index contributed by atoms with van der Waals surface area (Å²) in [5.41, 5.74) is 0.288. The SMILES string of the molecule is CC(C)CC(Cl)Cc1ccc(F)cc1[N+](=O)[O-]. The second-order valence-corrected chi connectivity index (χ2v) is 5.08. The minimum absolute atomic E-state index is 0.167. The highest BCUT2D eigenvalue weighted by molar-refractivity contribution is 6.20. The molecule has 0 fully saturated rings. The first kappa shape index (κ1) is 13.9. The van der Waals surface area contributed by atoms with Crippen LogP contribution in [0.2, 0.25) is 0 Å². The summed E-state index contributed by atoms with van der Waals surface area (Å²) in [5, 5.41) is 10.6. The third-order valence-electron chi connectivity index (χ3n) is 2.41. The number of nitro groups is 1. The third kappa shape index (κ3) is 4.30. The molecule has 17 heavy (non-hydrogen) atoms. The minimum Gasteiger partial charge on any atom is -0.258 e. The Balaban J connectivity index is 2.86. The number of benzene rings is 1. The zero-order valence-electron chi connectivity index (χ0n) is 9.82. The Kier molecular flexibility index (Phi) is 4.87. The van der Waals surface area contributed by atoms with E-state index in [4.69, 9.17) is 11.6 Å². The van der Waals surface area contributed by atoms with Gasteiger partial charge in [0.05, 0.1) is 11.0 Å². The zero-order valence-corrected chi connectivity index (χ0v) is 10.6. The van der Waals surface area contributed by atoms with Crippen LogP contribution in [-0.4, -0.2) is 10.3 Å². The molecule has 5 heteroatoms. The van der Waals surface area contributed by atoms with Gasteiger partial charge in [-0.3, -0.25) is 10.1 Å². The molecule has 3 nitrogen and oxygen atoms in total. The van der Waals surface area contributed by atoms with Gasteiger partial charge in [-0.1, -0.05) is 13.8 Å². The monoisotopic (exact) mass is 259 g/mol. The maximum atomic E-state index is 12.9. The number of alkyl halides is 1. The van der Waals surface area contributed by atoms with E-state index < -0.39 is 10.7 Å². The van der Waals surface area contributed by atoms with Crippen LogP contribution < -0.4 is 0 Å². The molecular formula is C12H15ClFNO2. The lowest BCUT2D eigenvalue weighted by Gasteiger charge is -2.12. The van der Waals surface area contributed by atoms with Crippen LogP contribution in [-0.2, 0) is 6.42 Å². The summed E-state index contributed by atoms with van der Waals surface area (Å²) in [4.78, 5) is 10.2. The van der Waals surface area contributed by atoms with Gasteiger partial charge < -0.3 is 0 Å². The van der Waals surface area contributed by atoms with Gasteiger partial charge in [0.2, 0.25) is 0 Å². The van der Waals surface area contributed by atoms with E-state index in [1.807, 2.05) is 13.8 Å². The molecular weight excluding hydrogens is 245 g/mol. The van der Waals surface area contributed by atoms with Gasteiger partial charge in [-0.15, -0.1) is 11.6 Å². The van der Waals surface area contributed by atoms with E-state index in [0.717, 1.165) is 12.5 Å². The quantitative estimate of drug-likeness (QED) is 0.457. The normalized spacial score (nSPS) is 12.8. The lowest BCUT2D eigenvalue weighted by molar-refractivity contribution is -0.385. The van der Waals surface area contributed by atoms with Crippen molar-refractivity contribution in [3.63, 3.8) is 0 Å². The van der Waals surface area contributed by atoms with Crippen LogP contribution in [0.15, 0.2) is 18.2 Å². The van der Waals surface area contributed by atoms with Gasteiger partial charge in [0.15, 0.2) is 0 Å². The van der Waals surface area contributed by atoms with Gasteiger partial charge in [-0.2, -0.15) is 0 Å². The average molecular weight is 260 g/mol. The molecule has 0 aliphatic heterocycles. The summed E-state index contributed by atoms with van der Waals surface area (Å²) in [6.45, 7) is 4.07. The Labute approximate surface area is 105 Å². The maximum absolute atomic E-state index is 12.9. The molecule has 0 spiro atoms. The van der Waals surface area contributed by atoms with Gasteiger partial charge >= 0.3 is 0 Å². The van der Waals surface area contributed by atoms with Gasteiger partial charge in [-0.25, -0.2) is 4.39 Å². The van der Waals surface area contributed by atoms with E-state index in [0.29, 0.717) is 17.9 Å². The number of rotatable bonds is 5. The first-order chi connectivity index (χ1) is 7.90. The molecule has 94 valence electrons. The maximum Gasteiger partial charge on any atom is 0.275 e. The van der Waals surface area contributed by atoms with Gasteiger partial charge in [0, 0.05) is 10.9 Å². The van der Waals surface area contributed by atoms with E-state index >= 15 is 0 Å². The Morgan fingerprint density at radius 2 is 2.12 bits per heavy atom. The fourth-order valence-electron chi connectivity index (χ4n) is 1.71. The molecule has 0 heterocycles. The van der Waals surface area contributed by atoms with Crippen molar-refractivity contribution in [2.75, 3.05) is 0 Å². The van der Waals surface area contributed by atoms with E-state index in [9.17, 15) is 14.5 Å². The Hall–Kier alpha value is -1.16. The predicted molar refractivity (Wildman–Crippen MR) is 65.9 cm³/mol. The second kappa shape index (κ2) is 5.96. The highest BCUT2D eigenvalue weighted by Gasteiger charge is 2.18. The molecule has 1 aromatic carbocycles. The van der Waals surface area contributed by atoms with E-state index in [1.165, 1.54) is 12.1 Å². The number of nitrogens with zero attached hydrogens (tertiary/aromatic N) is 1. The summed E-state index contributed by atoms with van der Waals surface area (Å²) in [5.74, 6) is -0.174. The van der Waals surface area contributed by atoms with Crippen molar-refractivity contribution in [3.8, 4) is 0 Å². The van der Waals surface area contributed by atoms with Crippen LogP contribution in [0.25, 0.3) is 0 Å². The first-order valence-corrected chi connectivity index (χ1v) is 5.90. The Bertz CT molecular complexity index is 409. The lowest BCUT2D eigenvalue weighted by Crippen LogP contribution is -2.09. The largest absolute Gasteiger partial charge is 0.275 e. The molecule has 0 saturated carbocycles. The first-order valence-electron chi connectivity index (χ1n) is 5.47. The van der Waals surface area contributed by atoms with E-state index in [-0.39, 0.29) is 11.1 Å². The molecule has 0 amide bonds. The Morgan fingerprint density at radius 3 is 2.65 bits per heavy atom. The van der Waals surface area contributed by atoms with Crippen molar-refractivity contribution >= 4 is 17.3 Å². The topological polar surface area (TPSA) is 43.1 Å². The third-order valence-corrected chi connectivity index (χ3v) is 2.75. The lowest BCUT2D eigenvalue weighted by atomic mass is 10.0. The van der Waals surface area contributed by atoms with Crippen LogP contribution in [0.4, 0.5) is 10.1 Å². The number of nitro benzene ring substituents is 1. The number of hydrogen-bond donors (Lipinski definition) is 0. The van der Waals surface area contributed by atoms with Crippen molar-refractivity contribution in [1.29, 1.82) is 0 Å². The molecule has 1 atom stereocenters. The van der Waals surface area contributed by atoms with Gasteiger partial charge in [-0.05, 0) is 30.9 Å². The van der Waals surface area contributed by atoms with Crippen molar-refractivity contribution in [1.82, 2.24) is 0 Å². The molecule has 0 aliphatic rings. The van der Waals surface area contributed by atoms with Crippen molar-refractivity contribution in [3.05, 3.63) is 39.7 Å². The highest BCUT2D eigenvalue weighted by Crippen LogP contribution is 2.24. The van der Waals surface area contributed by atoms with Crippen molar-refractivity contribution < 1.29 is 9.31 Å². The Morgan fingerprint density at radius 1 is 1.47 bits per heavy atom. The fourth-order valence-corrected chi connectivity index (χ4v) is 2.24. The fraction of sp³-hybridized carbons (Fsp3) is 0.500. The van der Waals surface area contributed by atoms with E-state index in [2.05, 4.69) is 0 Å². The molecule has 0 aliphatic carbocycles. The van der Waals surface area contributed by atoms with Gasteiger partial charge in [0.1, 0.15) is 5.82 Å². The van der Waals surface area contributed by atoms with Crippen LogP contribution >= 0.6 is 11.6 Å². The van der Waals surface area contributed by atoms with Crippen LogP contribution in [0.1, 0.15) is 25.8 Å².